The van der Waals surface area contributed by atoms with Crippen molar-refractivity contribution in [2.75, 3.05) is 20.9 Å². The largest absolute Gasteiger partial charge is 0.464 e. The van der Waals surface area contributed by atoms with Gasteiger partial charge < -0.3 is 20.3 Å². The van der Waals surface area contributed by atoms with Gasteiger partial charge in [0, 0.05) is 44.8 Å². The van der Waals surface area contributed by atoms with Crippen LogP contribution in [0.3, 0.4) is 0 Å². The van der Waals surface area contributed by atoms with Gasteiger partial charge in [0.15, 0.2) is 5.78 Å². The summed E-state index contributed by atoms with van der Waals surface area (Å²) in [5.74, 6) is 0.275. The van der Waals surface area contributed by atoms with Crippen molar-refractivity contribution in [2.24, 2.45) is 0 Å². The number of nitrogens with one attached hydrogen (secondary N) is 2. The number of ketones is 1. The molecule has 8 rings (SSSR count). The number of nitrogen functional groups attached to an aromatic ring is 2. The quantitative estimate of drug-likeness (QED) is 0.0848. The molecule has 0 aliphatic rings. The number of anilines is 4. The van der Waals surface area contributed by atoms with Crippen LogP contribution in [0.4, 0.5) is 23.0 Å². The normalized spacial score (nSPS) is 11.3. The van der Waals surface area contributed by atoms with Gasteiger partial charge in [0.05, 0.1) is 33.7 Å². The average Bonchev–Trinajstić information content (AvgIpc) is 4.02. The van der Waals surface area contributed by atoms with E-state index in [1.807, 2.05) is 12.1 Å². The van der Waals surface area contributed by atoms with Crippen molar-refractivity contribution in [3.8, 4) is 57.3 Å². The second kappa shape index (κ2) is 16.3. The van der Waals surface area contributed by atoms with E-state index >= 15 is 0 Å². The standard InChI is InChI=1S/C45H30N8O7S2/c46-25-37-35(41-9-3-19-59-41)23-39(50-44(37)48)27-11-15-31(16-12-27)52-61(55,56)33-7-1-5-29(21-33)43(54)30-6-2-8-34(22-30)62(57,58)53-32-17-13-28(14-18-32)40-24-36(42-10-4-20-60-42)38(26-47)45(49)51-40/h1-24,52-53H,(H2,48,50)(H2,49,51). The van der Waals surface area contributed by atoms with Crippen molar-refractivity contribution in [3.05, 3.63) is 168 Å². The molecular formula is C45H30N8O7S2. The first-order valence-electron chi connectivity index (χ1n) is 18.3. The van der Waals surface area contributed by atoms with Crippen LogP contribution in [-0.2, 0) is 20.0 Å². The van der Waals surface area contributed by atoms with Crippen LogP contribution in [-0.4, -0.2) is 32.6 Å². The maximum absolute atomic E-state index is 13.7. The number of furan rings is 2. The van der Waals surface area contributed by atoms with E-state index in [1.54, 1.807) is 60.7 Å². The molecule has 0 aliphatic heterocycles. The summed E-state index contributed by atoms with van der Waals surface area (Å²) in [6.07, 6.45) is 2.95. The van der Waals surface area contributed by atoms with E-state index in [0.29, 0.717) is 45.2 Å². The Morgan fingerprint density at radius 3 is 1.31 bits per heavy atom. The number of nitrogens with two attached hydrogens (primary N) is 2. The minimum absolute atomic E-state index is 0.00501. The van der Waals surface area contributed by atoms with Gasteiger partial charge in [-0.1, -0.05) is 48.5 Å². The number of carbonyl (C=O) groups excluding carboxylic acids is 1. The molecule has 4 aromatic heterocycles. The number of nitriles is 2. The molecule has 0 aliphatic carbocycles. The number of hydrogen-bond acceptors (Lipinski definition) is 13. The molecule has 4 aromatic carbocycles. The van der Waals surface area contributed by atoms with Gasteiger partial charge in [-0.3, -0.25) is 14.2 Å². The molecule has 0 atom stereocenters. The topological polar surface area (TPSA) is 261 Å². The van der Waals surface area contributed by atoms with E-state index in [1.165, 1.54) is 85.3 Å². The summed E-state index contributed by atoms with van der Waals surface area (Å²) >= 11 is 0. The lowest BCUT2D eigenvalue weighted by atomic mass is 10.0. The monoisotopic (exact) mass is 858 g/mol. The van der Waals surface area contributed by atoms with Crippen LogP contribution >= 0.6 is 0 Å². The molecule has 0 saturated heterocycles. The molecule has 0 unspecified atom stereocenters. The molecule has 15 nitrogen and oxygen atoms in total. The van der Waals surface area contributed by atoms with Gasteiger partial charge in [0.1, 0.15) is 46.4 Å². The maximum Gasteiger partial charge on any atom is 0.261 e. The first kappa shape index (κ1) is 40.3. The van der Waals surface area contributed by atoms with Crippen LogP contribution in [0, 0.1) is 22.7 Å². The molecule has 0 spiro atoms. The lowest BCUT2D eigenvalue weighted by Gasteiger charge is -2.12. The molecule has 62 heavy (non-hydrogen) atoms. The van der Waals surface area contributed by atoms with E-state index in [9.17, 15) is 32.2 Å². The average molecular weight is 859 g/mol. The smallest absolute Gasteiger partial charge is 0.261 e. The lowest BCUT2D eigenvalue weighted by molar-refractivity contribution is 0.103. The second-order valence-electron chi connectivity index (χ2n) is 13.6. The summed E-state index contributed by atoms with van der Waals surface area (Å²) in [5, 5.41) is 19.3. The second-order valence-corrected chi connectivity index (χ2v) is 16.9. The summed E-state index contributed by atoms with van der Waals surface area (Å²) in [7, 11) is -8.41. The molecular weight excluding hydrogens is 829 g/mol. The molecule has 8 aromatic rings. The van der Waals surface area contributed by atoms with Crippen molar-refractivity contribution in [2.45, 2.75) is 9.79 Å². The van der Waals surface area contributed by atoms with E-state index in [-0.39, 0.29) is 55.1 Å². The number of hydrogen-bond donors (Lipinski definition) is 4. The predicted molar refractivity (Wildman–Crippen MR) is 231 cm³/mol. The highest BCUT2D eigenvalue weighted by atomic mass is 32.2. The number of sulfonamides is 2. The molecule has 17 heteroatoms. The van der Waals surface area contributed by atoms with Crippen molar-refractivity contribution in [1.29, 1.82) is 10.5 Å². The molecule has 4 heterocycles. The molecule has 0 fully saturated rings. The van der Waals surface area contributed by atoms with Gasteiger partial charge >= 0.3 is 0 Å². The van der Waals surface area contributed by atoms with Gasteiger partial charge in [-0.15, -0.1) is 0 Å². The van der Waals surface area contributed by atoms with Gasteiger partial charge in [0.25, 0.3) is 20.0 Å². The molecule has 0 amide bonds. The third-order valence-electron chi connectivity index (χ3n) is 9.57. The van der Waals surface area contributed by atoms with Gasteiger partial charge in [0.2, 0.25) is 0 Å². The SMILES string of the molecule is N#Cc1c(-c2ccco2)cc(-c2ccc(NS(=O)(=O)c3cccc(C(=O)c4cccc(S(=O)(=O)Nc5ccc(-c6cc(-c7ccco7)c(C#N)c(N)n6)cc5)c4)c3)cc2)nc1N. The predicted octanol–water partition coefficient (Wildman–Crippen LogP) is 8.07. The van der Waals surface area contributed by atoms with Crippen LogP contribution in [0.1, 0.15) is 27.0 Å². The third kappa shape index (κ3) is 8.08. The summed E-state index contributed by atoms with van der Waals surface area (Å²) in [4.78, 5) is 22.0. The Hall–Kier alpha value is -8.51. The molecule has 0 radical (unpaired) electrons. The van der Waals surface area contributed by atoms with Crippen molar-refractivity contribution < 1.29 is 30.5 Å². The number of nitrogens with zero attached hydrogens (tertiary/aromatic N) is 4. The van der Waals surface area contributed by atoms with Crippen molar-refractivity contribution >= 4 is 48.8 Å². The molecule has 0 saturated carbocycles. The fraction of sp³-hybridized carbons (Fsp3) is 0. The van der Waals surface area contributed by atoms with E-state index in [0.717, 1.165) is 0 Å². The Bertz CT molecular complexity index is 3100. The number of aromatic nitrogens is 2. The minimum Gasteiger partial charge on any atom is -0.464 e. The zero-order valence-corrected chi connectivity index (χ0v) is 33.6. The van der Waals surface area contributed by atoms with Crippen LogP contribution in [0.2, 0.25) is 0 Å². The molecule has 304 valence electrons. The fourth-order valence-electron chi connectivity index (χ4n) is 6.53. The molecule has 0 bridgehead atoms. The highest BCUT2D eigenvalue weighted by Crippen LogP contribution is 2.34. The highest BCUT2D eigenvalue weighted by molar-refractivity contribution is 7.93. The van der Waals surface area contributed by atoms with E-state index in [2.05, 4.69) is 19.4 Å². The zero-order chi connectivity index (χ0) is 43.6. The van der Waals surface area contributed by atoms with Gasteiger partial charge in [-0.25, -0.2) is 26.8 Å². The third-order valence-corrected chi connectivity index (χ3v) is 12.3. The van der Waals surface area contributed by atoms with Crippen LogP contribution in [0.5, 0.6) is 0 Å². The van der Waals surface area contributed by atoms with Gasteiger partial charge in [-0.05, 0) is 84.9 Å². The molecule has 6 N–H and O–H groups in total. The first-order valence-corrected chi connectivity index (χ1v) is 21.3. The summed E-state index contributed by atoms with van der Waals surface area (Å²) in [6, 6.07) is 37.5. The number of carbonyl (C=O) groups is 1. The number of rotatable bonds is 12. The lowest BCUT2D eigenvalue weighted by Crippen LogP contribution is -2.15. The van der Waals surface area contributed by atoms with E-state index < -0.39 is 25.8 Å². The Balaban J connectivity index is 0.966. The summed E-state index contributed by atoms with van der Waals surface area (Å²) in [6.45, 7) is 0. The highest BCUT2D eigenvalue weighted by Gasteiger charge is 2.22. The van der Waals surface area contributed by atoms with E-state index in [4.69, 9.17) is 20.3 Å². The first-order chi connectivity index (χ1) is 29.8. The Kier molecular flexibility index (Phi) is 10.6. The Morgan fingerprint density at radius 1 is 0.548 bits per heavy atom. The number of pyridine rings is 2. The van der Waals surface area contributed by atoms with Crippen LogP contribution < -0.4 is 20.9 Å². The van der Waals surface area contributed by atoms with Crippen molar-refractivity contribution in [1.82, 2.24) is 9.97 Å². The minimum atomic E-state index is -4.21. The fourth-order valence-corrected chi connectivity index (χ4v) is 8.74. The van der Waals surface area contributed by atoms with Crippen molar-refractivity contribution in [3.63, 3.8) is 0 Å². The maximum atomic E-state index is 13.7. The zero-order valence-electron chi connectivity index (χ0n) is 32.0. The van der Waals surface area contributed by atoms with Crippen LogP contribution in [0.15, 0.2) is 165 Å². The Labute approximate surface area is 354 Å². The van der Waals surface area contributed by atoms with Gasteiger partial charge in [-0.2, -0.15) is 10.5 Å². The number of benzene rings is 4. The summed E-state index contributed by atoms with van der Waals surface area (Å²) < 4.78 is 70.0. The van der Waals surface area contributed by atoms with Crippen LogP contribution in [0.25, 0.3) is 45.2 Å². The Morgan fingerprint density at radius 2 is 0.952 bits per heavy atom. The summed E-state index contributed by atoms with van der Waals surface area (Å²) in [5.41, 5.74) is 15.9.